The molecule has 2 heterocycles. The molecule has 0 aliphatic heterocycles. The summed E-state index contributed by atoms with van der Waals surface area (Å²) >= 11 is 5.42. The Labute approximate surface area is 110 Å². The highest BCUT2D eigenvalue weighted by atomic mass is 35.5. The summed E-state index contributed by atoms with van der Waals surface area (Å²) < 4.78 is 38.0. The molecule has 0 aliphatic rings. The third-order valence-electron chi connectivity index (χ3n) is 2.12. The first-order valence-corrected chi connectivity index (χ1v) is 5.22. The highest BCUT2D eigenvalue weighted by Crippen LogP contribution is 2.33. The number of halogens is 4. The number of alkyl halides is 3. The molecule has 0 aromatic carbocycles. The molecule has 0 atom stereocenters. The molecule has 2 aromatic rings. The molecule has 0 radical (unpaired) electrons. The molecular weight excluding hydrogens is 281 g/mol. The standard InChI is InChI=1S/C11H4ClF3N4/c1-16-7-2-6(3-17-4-7)10-18-5-8(12)9(19-10)11(13,14)15/h2-5H. The third kappa shape index (κ3) is 2.80. The molecule has 0 fully saturated rings. The van der Waals surface area contributed by atoms with Crippen LogP contribution in [0.25, 0.3) is 16.2 Å². The predicted molar refractivity (Wildman–Crippen MR) is 61.5 cm³/mol. The van der Waals surface area contributed by atoms with Crippen molar-refractivity contribution in [1.82, 2.24) is 15.0 Å². The van der Waals surface area contributed by atoms with Crippen LogP contribution < -0.4 is 0 Å². The third-order valence-corrected chi connectivity index (χ3v) is 2.40. The Morgan fingerprint density at radius 2 is 1.95 bits per heavy atom. The van der Waals surface area contributed by atoms with Gasteiger partial charge in [0.1, 0.15) is 0 Å². The lowest BCUT2D eigenvalue weighted by molar-refractivity contribution is -0.141. The highest BCUT2D eigenvalue weighted by molar-refractivity contribution is 6.31. The van der Waals surface area contributed by atoms with Crippen molar-refractivity contribution in [3.8, 4) is 11.4 Å². The average molecular weight is 285 g/mol. The maximum Gasteiger partial charge on any atom is 0.434 e. The topological polar surface area (TPSA) is 43.0 Å². The number of aromatic nitrogens is 3. The first-order chi connectivity index (χ1) is 8.91. The summed E-state index contributed by atoms with van der Waals surface area (Å²) in [5.74, 6) is -0.185. The van der Waals surface area contributed by atoms with Crippen LogP contribution in [-0.2, 0) is 6.18 Å². The lowest BCUT2D eigenvalue weighted by atomic mass is 10.2. The van der Waals surface area contributed by atoms with Crippen molar-refractivity contribution in [2.24, 2.45) is 0 Å². The fraction of sp³-hybridized carbons (Fsp3) is 0.0909. The zero-order chi connectivity index (χ0) is 14.0. The largest absolute Gasteiger partial charge is 0.434 e. The molecule has 19 heavy (non-hydrogen) atoms. The molecule has 0 N–H and O–H groups in total. The second kappa shape index (κ2) is 4.82. The van der Waals surface area contributed by atoms with Crippen molar-refractivity contribution in [2.75, 3.05) is 0 Å². The van der Waals surface area contributed by atoms with Gasteiger partial charge >= 0.3 is 6.18 Å². The fourth-order valence-corrected chi connectivity index (χ4v) is 1.51. The Bertz CT molecular complexity index is 664. The van der Waals surface area contributed by atoms with Gasteiger partial charge in [-0.3, -0.25) is 4.98 Å². The normalized spacial score (nSPS) is 11.1. The van der Waals surface area contributed by atoms with Crippen LogP contribution in [0.1, 0.15) is 5.69 Å². The SMILES string of the molecule is [C-]#[N+]c1cncc(-c2ncc(Cl)c(C(F)(F)F)n2)c1. The summed E-state index contributed by atoms with van der Waals surface area (Å²) in [6.45, 7) is 6.82. The van der Waals surface area contributed by atoms with Crippen molar-refractivity contribution in [3.63, 3.8) is 0 Å². The Hall–Kier alpha value is -2.20. The minimum absolute atomic E-state index is 0.185. The number of nitrogens with zero attached hydrogens (tertiary/aromatic N) is 4. The molecule has 0 saturated heterocycles. The van der Waals surface area contributed by atoms with E-state index in [1.54, 1.807) is 0 Å². The van der Waals surface area contributed by atoms with E-state index in [1.165, 1.54) is 18.5 Å². The van der Waals surface area contributed by atoms with Crippen LogP contribution in [0.2, 0.25) is 5.02 Å². The van der Waals surface area contributed by atoms with E-state index in [2.05, 4.69) is 19.8 Å². The molecule has 4 nitrogen and oxygen atoms in total. The summed E-state index contributed by atoms with van der Waals surface area (Å²) in [6, 6.07) is 1.35. The van der Waals surface area contributed by atoms with Crippen LogP contribution >= 0.6 is 11.6 Å². The van der Waals surface area contributed by atoms with Gasteiger partial charge in [-0.05, 0) is 6.07 Å². The van der Waals surface area contributed by atoms with E-state index in [0.29, 0.717) is 0 Å². The molecule has 2 rings (SSSR count). The monoisotopic (exact) mass is 284 g/mol. The molecule has 96 valence electrons. The van der Waals surface area contributed by atoms with Crippen LogP contribution in [0.15, 0.2) is 24.7 Å². The van der Waals surface area contributed by atoms with E-state index in [0.717, 1.165) is 6.20 Å². The Morgan fingerprint density at radius 3 is 2.58 bits per heavy atom. The fourth-order valence-electron chi connectivity index (χ4n) is 1.32. The summed E-state index contributed by atoms with van der Waals surface area (Å²) in [5, 5.41) is -0.578. The second-order valence-corrected chi connectivity index (χ2v) is 3.84. The first kappa shape index (κ1) is 13.2. The van der Waals surface area contributed by atoms with Crippen molar-refractivity contribution in [2.45, 2.75) is 6.18 Å². The van der Waals surface area contributed by atoms with Gasteiger partial charge in [0.15, 0.2) is 11.5 Å². The molecule has 2 aromatic heterocycles. The average Bonchev–Trinajstić information content (AvgIpc) is 2.38. The molecule has 0 amide bonds. The summed E-state index contributed by atoms with van der Waals surface area (Å²) in [6.07, 6.45) is -1.23. The summed E-state index contributed by atoms with van der Waals surface area (Å²) in [5.41, 5.74) is -0.812. The van der Waals surface area contributed by atoms with E-state index < -0.39 is 16.9 Å². The highest BCUT2D eigenvalue weighted by Gasteiger charge is 2.35. The summed E-state index contributed by atoms with van der Waals surface area (Å²) in [4.78, 5) is 14.0. The maximum atomic E-state index is 12.7. The van der Waals surface area contributed by atoms with Crippen LogP contribution in [0.3, 0.4) is 0 Å². The number of hydrogen-bond acceptors (Lipinski definition) is 3. The second-order valence-electron chi connectivity index (χ2n) is 3.43. The van der Waals surface area contributed by atoms with E-state index in [-0.39, 0.29) is 17.1 Å². The van der Waals surface area contributed by atoms with Gasteiger partial charge in [0.05, 0.1) is 17.8 Å². The zero-order valence-corrected chi connectivity index (χ0v) is 9.87. The van der Waals surface area contributed by atoms with E-state index in [4.69, 9.17) is 18.2 Å². The predicted octanol–water partition coefficient (Wildman–Crippen LogP) is 3.76. The minimum Gasteiger partial charge on any atom is -0.276 e. The van der Waals surface area contributed by atoms with Crippen molar-refractivity contribution >= 4 is 17.3 Å². The van der Waals surface area contributed by atoms with Crippen LogP contribution in [0, 0.1) is 6.57 Å². The van der Waals surface area contributed by atoms with Crippen LogP contribution in [0.5, 0.6) is 0 Å². The van der Waals surface area contributed by atoms with Gasteiger partial charge in [-0.15, -0.1) is 0 Å². The van der Waals surface area contributed by atoms with Crippen LogP contribution in [-0.4, -0.2) is 15.0 Å². The van der Waals surface area contributed by atoms with Crippen LogP contribution in [0.4, 0.5) is 18.9 Å². The van der Waals surface area contributed by atoms with Crippen molar-refractivity contribution < 1.29 is 13.2 Å². The smallest absolute Gasteiger partial charge is 0.276 e. The Kier molecular flexibility index (Phi) is 3.36. The molecule has 0 unspecified atom stereocenters. The number of rotatable bonds is 1. The zero-order valence-electron chi connectivity index (χ0n) is 9.11. The van der Waals surface area contributed by atoms with Gasteiger partial charge in [0.2, 0.25) is 5.69 Å². The molecular formula is C11H4ClF3N4. The molecule has 0 bridgehead atoms. The quantitative estimate of drug-likeness (QED) is 0.749. The van der Waals surface area contributed by atoms with Crippen molar-refractivity contribution in [3.05, 3.63) is 46.8 Å². The first-order valence-electron chi connectivity index (χ1n) is 4.84. The van der Waals surface area contributed by atoms with Gasteiger partial charge in [0.25, 0.3) is 0 Å². The van der Waals surface area contributed by atoms with Gasteiger partial charge in [-0.1, -0.05) is 11.6 Å². The van der Waals surface area contributed by atoms with Crippen molar-refractivity contribution in [1.29, 1.82) is 0 Å². The Morgan fingerprint density at radius 1 is 1.21 bits per heavy atom. The maximum absolute atomic E-state index is 12.7. The van der Waals surface area contributed by atoms with Gasteiger partial charge in [-0.25, -0.2) is 14.8 Å². The van der Waals surface area contributed by atoms with E-state index in [9.17, 15) is 13.2 Å². The van der Waals surface area contributed by atoms with Gasteiger partial charge in [-0.2, -0.15) is 13.2 Å². The molecule has 0 aliphatic carbocycles. The van der Waals surface area contributed by atoms with E-state index in [1.807, 2.05) is 0 Å². The van der Waals surface area contributed by atoms with E-state index >= 15 is 0 Å². The Balaban J connectivity index is 2.55. The molecule has 0 spiro atoms. The minimum atomic E-state index is -4.67. The number of pyridine rings is 1. The molecule has 0 saturated carbocycles. The number of hydrogen-bond donors (Lipinski definition) is 0. The lowest BCUT2D eigenvalue weighted by Crippen LogP contribution is -2.10. The molecule has 8 heteroatoms. The summed E-state index contributed by atoms with van der Waals surface area (Å²) in [7, 11) is 0. The van der Waals surface area contributed by atoms with Gasteiger partial charge < -0.3 is 0 Å². The van der Waals surface area contributed by atoms with Gasteiger partial charge in [0, 0.05) is 18.0 Å². The lowest BCUT2D eigenvalue weighted by Gasteiger charge is -2.09.